The third kappa shape index (κ3) is 3.24. The summed E-state index contributed by atoms with van der Waals surface area (Å²) in [5, 5.41) is 11.5. The highest BCUT2D eigenvalue weighted by molar-refractivity contribution is 7.17. The van der Waals surface area contributed by atoms with Gasteiger partial charge in [-0.05, 0) is 17.9 Å². The molecule has 0 bridgehead atoms. The Morgan fingerprint density at radius 2 is 2.15 bits per heavy atom. The average Bonchev–Trinajstić information content (AvgIpc) is 3.26. The first-order chi connectivity index (χ1) is 13.1. The van der Waals surface area contributed by atoms with Crippen molar-refractivity contribution in [3.05, 3.63) is 51.9 Å². The molecule has 1 aromatic carbocycles. The Bertz CT molecular complexity index is 1110. The van der Waals surface area contributed by atoms with Crippen molar-refractivity contribution >= 4 is 27.5 Å². The molecule has 3 aromatic rings. The van der Waals surface area contributed by atoms with Crippen LogP contribution in [0.15, 0.2) is 40.5 Å². The van der Waals surface area contributed by atoms with Crippen LogP contribution in [0.1, 0.15) is 19.2 Å². The van der Waals surface area contributed by atoms with Gasteiger partial charge in [-0.1, -0.05) is 37.3 Å². The number of thiophene rings is 1. The molecule has 0 radical (unpaired) electrons. The molecule has 27 heavy (non-hydrogen) atoms. The van der Waals surface area contributed by atoms with Gasteiger partial charge in [0.1, 0.15) is 18.0 Å². The molecule has 4 rings (SSSR count). The minimum Gasteiger partial charge on any atom is -0.457 e. The molecule has 2 aromatic heterocycles. The Labute approximate surface area is 159 Å². The zero-order chi connectivity index (χ0) is 19.0. The van der Waals surface area contributed by atoms with Crippen LogP contribution in [-0.4, -0.2) is 15.5 Å². The first-order valence-corrected chi connectivity index (χ1v) is 9.58. The Morgan fingerprint density at radius 1 is 1.41 bits per heavy atom. The highest BCUT2D eigenvalue weighted by Gasteiger charge is 2.40. The van der Waals surface area contributed by atoms with E-state index in [0.717, 1.165) is 17.5 Å². The molecule has 0 unspecified atom stereocenters. The van der Waals surface area contributed by atoms with E-state index in [1.807, 2.05) is 48.7 Å². The number of hydrogen-bond donors (Lipinski definition) is 0. The lowest BCUT2D eigenvalue weighted by atomic mass is 10.1. The minimum absolute atomic E-state index is 0.0590. The number of rotatable bonds is 5. The van der Waals surface area contributed by atoms with Gasteiger partial charge in [0, 0.05) is 10.9 Å². The Balaban J connectivity index is 1.74. The van der Waals surface area contributed by atoms with Gasteiger partial charge in [-0.15, -0.1) is 11.3 Å². The quantitative estimate of drug-likeness (QED) is 0.635. The SMILES string of the molecule is C[C@@H]1C[C@@H]1C(=O)OCc1nc2scc(-c3ccccc3)c2c(=O)n1CC#N. The molecule has 2 atom stereocenters. The van der Waals surface area contributed by atoms with Gasteiger partial charge in [0.15, 0.2) is 5.82 Å². The summed E-state index contributed by atoms with van der Waals surface area (Å²) in [6.45, 7) is 1.75. The summed E-state index contributed by atoms with van der Waals surface area (Å²) in [6.07, 6.45) is 0.835. The van der Waals surface area contributed by atoms with Crippen molar-refractivity contribution in [1.82, 2.24) is 9.55 Å². The van der Waals surface area contributed by atoms with Gasteiger partial charge in [0.25, 0.3) is 5.56 Å². The van der Waals surface area contributed by atoms with Crippen molar-refractivity contribution in [2.24, 2.45) is 11.8 Å². The number of esters is 1. The van der Waals surface area contributed by atoms with Gasteiger partial charge in [-0.25, -0.2) is 4.98 Å². The zero-order valence-corrected chi connectivity index (χ0v) is 15.5. The molecule has 1 aliphatic carbocycles. The molecule has 0 saturated heterocycles. The van der Waals surface area contributed by atoms with Crippen LogP contribution in [0.2, 0.25) is 0 Å². The summed E-state index contributed by atoms with van der Waals surface area (Å²) in [7, 11) is 0. The van der Waals surface area contributed by atoms with E-state index in [2.05, 4.69) is 4.98 Å². The Hall–Kier alpha value is -2.98. The normalized spacial score (nSPS) is 18.2. The lowest BCUT2D eigenvalue weighted by Gasteiger charge is -2.10. The summed E-state index contributed by atoms with van der Waals surface area (Å²) in [6, 6.07) is 11.6. The Kier molecular flexibility index (Phi) is 4.50. The van der Waals surface area contributed by atoms with Gasteiger partial charge in [-0.3, -0.25) is 14.2 Å². The molecular weight excluding hydrogens is 362 g/mol. The number of benzene rings is 1. The van der Waals surface area contributed by atoms with E-state index in [0.29, 0.717) is 22.0 Å². The molecule has 1 saturated carbocycles. The minimum atomic E-state index is -0.285. The first-order valence-electron chi connectivity index (χ1n) is 8.70. The van der Waals surface area contributed by atoms with Crippen LogP contribution >= 0.6 is 11.3 Å². The fraction of sp³-hybridized carbons (Fsp3) is 0.300. The van der Waals surface area contributed by atoms with E-state index >= 15 is 0 Å². The first kappa shape index (κ1) is 17.4. The second-order valence-electron chi connectivity index (χ2n) is 6.70. The number of hydrogen-bond acceptors (Lipinski definition) is 6. The van der Waals surface area contributed by atoms with Gasteiger partial charge in [0.2, 0.25) is 0 Å². The van der Waals surface area contributed by atoms with Gasteiger partial charge in [0.05, 0.1) is 17.4 Å². The van der Waals surface area contributed by atoms with Crippen molar-refractivity contribution in [2.45, 2.75) is 26.5 Å². The van der Waals surface area contributed by atoms with Crippen LogP contribution in [-0.2, 0) is 22.7 Å². The molecule has 136 valence electrons. The van der Waals surface area contributed by atoms with E-state index in [1.165, 1.54) is 15.9 Å². The van der Waals surface area contributed by atoms with Crippen LogP contribution < -0.4 is 5.56 Å². The third-order valence-electron chi connectivity index (χ3n) is 4.84. The highest BCUT2D eigenvalue weighted by Crippen LogP contribution is 2.38. The molecule has 0 amide bonds. The Morgan fingerprint density at radius 3 is 2.81 bits per heavy atom. The summed E-state index contributed by atoms with van der Waals surface area (Å²) < 4.78 is 6.64. The fourth-order valence-corrected chi connectivity index (χ4v) is 4.09. The number of carbonyl (C=O) groups is 1. The smallest absolute Gasteiger partial charge is 0.309 e. The van der Waals surface area contributed by atoms with Crippen molar-refractivity contribution in [1.29, 1.82) is 5.26 Å². The summed E-state index contributed by atoms with van der Waals surface area (Å²) in [4.78, 5) is 30.2. The second kappa shape index (κ2) is 6.97. The number of ether oxygens (including phenoxy) is 1. The van der Waals surface area contributed by atoms with E-state index < -0.39 is 0 Å². The van der Waals surface area contributed by atoms with Crippen molar-refractivity contribution < 1.29 is 9.53 Å². The third-order valence-corrected chi connectivity index (χ3v) is 5.71. The number of nitrogens with zero attached hydrogens (tertiary/aromatic N) is 3. The summed E-state index contributed by atoms with van der Waals surface area (Å²) >= 11 is 1.37. The van der Waals surface area contributed by atoms with Crippen LogP contribution in [0.25, 0.3) is 21.3 Å². The predicted molar refractivity (Wildman–Crippen MR) is 102 cm³/mol. The summed E-state index contributed by atoms with van der Waals surface area (Å²) in [5.41, 5.74) is 1.44. The predicted octanol–water partition coefficient (Wildman–Crippen LogP) is 3.35. The second-order valence-corrected chi connectivity index (χ2v) is 7.56. The topological polar surface area (TPSA) is 85.0 Å². The maximum absolute atomic E-state index is 13.1. The summed E-state index contributed by atoms with van der Waals surface area (Å²) in [5.74, 6) is 0.324. The highest BCUT2D eigenvalue weighted by atomic mass is 32.1. The number of fused-ring (bicyclic) bond motifs is 1. The average molecular weight is 379 g/mol. The van der Waals surface area contributed by atoms with Gasteiger partial charge >= 0.3 is 5.97 Å². The lowest BCUT2D eigenvalue weighted by molar-refractivity contribution is -0.147. The van der Waals surface area contributed by atoms with Crippen LogP contribution in [0.3, 0.4) is 0 Å². The molecule has 1 aliphatic rings. The van der Waals surface area contributed by atoms with E-state index in [-0.39, 0.29) is 30.6 Å². The van der Waals surface area contributed by atoms with Crippen molar-refractivity contribution in [2.75, 3.05) is 0 Å². The molecule has 0 aliphatic heterocycles. The fourth-order valence-electron chi connectivity index (χ4n) is 3.13. The van der Waals surface area contributed by atoms with Gasteiger partial charge in [-0.2, -0.15) is 5.26 Å². The molecule has 6 nitrogen and oxygen atoms in total. The van der Waals surface area contributed by atoms with Gasteiger partial charge < -0.3 is 4.74 Å². The van der Waals surface area contributed by atoms with E-state index in [1.54, 1.807) is 0 Å². The van der Waals surface area contributed by atoms with Crippen molar-refractivity contribution in [3.63, 3.8) is 0 Å². The molecule has 0 spiro atoms. The number of aromatic nitrogens is 2. The van der Waals surface area contributed by atoms with Crippen LogP contribution in [0.5, 0.6) is 0 Å². The van der Waals surface area contributed by atoms with Crippen molar-refractivity contribution in [3.8, 4) is 17.2 Å². The maximum atomic E-state index is 13.1. The molecule has 1 fully saturated rings. The van der Waals surface area contributed by atoms with Crippen LogP contribution in [0, 0.1) is 23.2 Å². The monoisotopic (exact) mass is 379 g/mol. The molecule has 0 N–H and O–H groups in total. The maximum Gasteiger partial charge on any atom is 0.309 e. The largest absolute Gasteiger partial charge is 0.457 e. The standard InChI is InChI=1S/C20H17N3O3S/c1-12-9-14(12)20(25)26-10-16-22-18-17(19(24)23(16)8-7-21)15(11-27-18)13-5-3-2-4-6-13/h2-6,11-12,14H,8-10H2,1H3/t12-,14+/m1/s1. The molecule has 7 heteroatoms. The van der Waals surface area contributed by atoms with E-state index in [9.17, 15) is 9.59 Å². The number of carbonyl (C=O) groups excluding carboxylic acids is 1. The van der Waals surface area contributed by atoms with Crippen LogP contribution in [0.4, 0.5) is 0 Å². The zero-order valence-electron chi connectivity index (χ0n) is 14.7. The molecule has 2 heterocycles. The molecular formula is C20H17N3O3S. The number of nitriles is 1. The lowest BCUT2D eigenvalue weighted by Crippen LogP contribution is -2.26. The van der Waals surface area contributed by atoms with E-state index in [4.69, 9.17) is 10.00 Å².